The molecule has 0 saturated carbocycles. The molecule has 0 radical (unpaired) electrons. The van der Waals surface area contributed by atoms with Crippen LogP contribution < -0.4 is 16.0 Å². The fraction of sp³-hybridized carbons (Fsp3) is 0.560. The molecule has 2 aromatic rings. The summed E-state index contributed by atoms with van der Waals surface area (Å²) in [6.45, 7) is 5.73. The van der Waals surface area contributed by atoms with Gasteiger partial charge in [0.05, 0.1) is 0 Å². The summed E-state index contributed by atoms with van der Waals surface area (Å²) in [6, 6.07) is 8.75. The lowest BCUT2D eigenvalue weighted by Gasteiger charge is -2.47. The van der Waals surface area contributed by atoms with Crippen LogP contribution in [0.3, 0.4) is 0 Å². The lowest BCUT2D eigenvalue weighted by atomic mass is 9.98. The van der Waals surface area contributed by atoms with E-state index in [9.17, 15) is 18.0 Å². The van der Waals surface area contributed by atoms with Gasteiger partial charge in [-0.2, -0.15) is 13.2 Å². The van der Waals surface area contributed by atoms with E-state index in [-0.39, 0.29) is 17.0 Å². The summed E-state index contributed by atoms with van der Waals surface area (Å²) >= 11 is 12.3. The minimum atomic E-state index is -4.55. The molecule has 0 bridgehead atoms. The first-order valence-electron chi connectivity index (χ1n) is 12.7. The van der Waals surface area contributed by atoms with Crippen molar-refractivity contribution in [2.75, 3.05) is 49.9 Å². The van der Waals surface area contributed by atoms with Gasteiger partial charge in [-0.15, -0.1) is 0 Å². The van der Waals surface area contributed by atoms with Gasteiger partial charge in [-0.1, -0.05) is 42.3 Å². The highest BCUT2D eigenvalue weighted by Gasteiger charge is 2.35. The van der Waals surface area contributed by atoms with Gasteiger partial charge in [0, 0.05) is 43.3 Å². The van der Waals surface area contributed by atoms with Crippen LogP contribution >= 0.6 is 23.2 Å². The van der Waals surface area contributed by atoms with Crippen molar-refractivity contribution in [2.45, 2.75) is 51.0 Å². The highest BCUT2D eigenvalue weighted by atomic mass is 35.5. The molecule has 3 N–H and O–H groups in total. The van der Waals surface area contributed by atoms with E-state index in [1.807, 2.05) is 17.0 Å². The summed E-state index contributed by atoms with van der Waals surface area (Å²) in [7, 11) is 0. The van der Waals surface area contributed by atoms with E-state index in [0.717, 1.165) is 50.5 Å². The third kappa shape index (κ3) is 7.19. The van der Waals surface area contributed by atoms with Crippen LogP contribution in [0, 0.1) is 0 Å². The average molecular weight is 574 g/mol. The largest absolute Gasteiger partial charge is 0.405 e. The Morgan fingerprint density at radius 3 is 2.42 bits per heavy atom. The number of hydrogen-bond acceptors (Lipinski definition) is 7. The van der Waals surface area contributed by atoms with Crippen LogP contribution in [-0.2, 0) is 6.54 Å². The Bertz CT molecular complexity index is 1110. The van der Waals surface area contributed by atoms with Crippen molar-refractivity contribution in [1.29, 1.82) is 0 Å². The second-order valence-corrected chi connectivity index (χ2v) is 10.5. The molecular formula is C25H32Cl2F3N7O. The van der Waals surface area contributed by atoms with E-state index in [4.69, 9.17) is 28.9 Å². The maximum atomic E-state index is 12.4. The molecule has 2 saturated heterocycles. The van der Waals surface area contributed by atoms with Crippen LogP contribution in [0.25, 0.3) is 0 Å². The maximum Gasteiger partial charge on any atom is 0.405 e. The number of piperazine rings is 1. The van der Waals surface area contributed by atoms with Gasteiger partial charge in [-0.25, -0.2) is 9.97 Å². The van der Waals surface area contributed by atoms with Crippen molar-refractivity contribution in [3.8, 4) is 0 Å². The van der Waals surface area contributed by atoms with Crippen molar-refractivity contribution in [3.63, 3.8) is 0 Å². The van der Waals surface area contributed by atoms with Crippen LogP contribution in [0.5, 0.6) is 0 Å². The average Bonchev–Trinajstić information content (AvgIpc) is 2.89. The van der Waals surface area contributed by atoms with Gasteiger partial charge >= 0.3 is 6.18 Å². The van der Waals surface area contributed by atoms with Crippen LogP contribution in [-0.4, -0.2) is 83.2 Å². The summed E-state index contributed by atoms with van der Waals surface area (Å²) in [5.41, 5.74) is 6.74. The molecule has 1 aromatic heterocycles. The van der Waals surface area contributed by atoms with Gasteiger partial charge in [-0.05, 0) is 50.0 Å². The third-order valence-electron chi connectivity index (χ3n) is 7.17. The summed E-state index contributed by atoms with van der Waals surface area (Å²) in [6.07, 6.45) is -1.46. The quantitative estimate of drug-likeness (QED) is 0.512. The molecule has 2 fully saturated rings. The summed E-state index contributed by atoms with van der Waals surface area (Å²) in [4.78, 5) is 27.4. The molecule has 2 aliphatic rings. The van der Waals surface area contributed by atoms with Gasteiger partial charge in [0.1, 0.15) is 6.54 Å². The van der Waals surface area contributed by atoms with E-state index < -0.39 is 24.3 Å². The lowest BCUT2D eigenvalue weighted by Crippen LogP contribution is -2.58. The van der Waals surface area contributed by atoms with Crippen molar-refractivity contribution in [2.24, 2.45) is 0 Å². The molecule has 3 heterocycles. The molecule has 0 spiro atoms. The summed E-state index contributed by atoms with van der Waals surface area (Å²) in [5, 5.41) is 2.43. The fourth-order valence-corrected chi connectivity index (χ4v) is 5.59. The number of piperidine rings is 1. The minimum absolute atomic E-state index is 0.0600. The number of nitrogens with zero attached hydrogens (tertiary/aromatic N) is 5. The smallest absolute Gasteiger partial charge is 0.382 e. The zero-order chi connectivity index (χ0) is 27.4. The van der Waals surface area contributed by atoms with Gasteiger partial charge in [0.25, 0.3) is 5.91 Å². The topological polar surface area (TPSA) is 90.6 Å². The van der Waals surface area contributed by atoms with Crippen molar-refractivity contribution in [3.05, 3.63) is 45.7 Å². The Balaban J connectivity index is 1.35. The number of halogens is 5. The van der Waals surface area contributed by atoms with Crippen LogP contribution in [0.2, 0.25) is 10.2 Å². The number of rotatable bonds is 7. The summed E-state index contributed by atoms with van der Waals surface area (Å²) < 4.78 is 37.3. The first-order valence-corrected chi connectivity index (χ1v) is 13.4. The molecule has 1 atom stereocenters. The van der Waals surface area contributed by atoms with E-state index >= 15 is 0 Å². The zero-order valence-corrected chi connectivity index (χ0v) is 22.7. The van der Waals surface area contributed by atoms with Gasteiger partial charge in [0.15, 0.2) is 22.5 Å². The lowest BCUT2D eigenvalue weighted by molar-refractivity contribution is -0.123. The first kappa shape index (κ1) is 28.7. The number of likely N-dealkylation sites (tertiary alicyclic amines) is 1. The maximum absolute atomic E-state index is 12.4. The Hall–Kier alpha value is -2.34. The number of benzene rings is 1. The normalized spacial score (nSPS) is 20.1. The molecule has 1 aromatic carbocycles. The van der Waals surface area contributed by atoms with E-state index in [2.05, 4.69) is 38.8 Å². The van der Waals surface area contributed by atoms with Crippen molar-refractivity contribution >= 4 is 40.7 Å². The van der Waals surface area contributed by atoms with Gasteiger partial charge in [-0.3, -0.25) is 14.6 Å². The molecule has 1 amide bonds. The predicted molar refractivity (Wildman–Crippen MR) is 143 cm³/mol. The Morgan fingerprint density at radius 2 is 1.79 bits per heavy atom. The number of nitrogen functional groups attached to an aromatic ring is 1. The monoisotopic (exact) mass is 573 g/mol. The number of aromatic nitrogens is 2. The minimum Gasteiger partial charge on any atom is -0.382 e. The van der Waals surface area contributed by atoms with E-state index in [1.54, 1.807) is 5.32 Å². The highest BCUT2D eigenvalue weighted by Crippen LogP contribution is 2.30. The molecule has 0 unspecified atom stereocenters. The molecule has 8 nitrogen and oxygen atoms in total. The Labute approximate surface area is 230 Å². The number of hydrogen-bond donors (Lipinski definition) is 2. The Kier molecular flexibility index (Phi) is 9.23. The third-order valence-corrected chi connectivity index (χ3v) is 7.68. The standard InChI is InChI=1S/C25H32Cl2F3N7O/c1-2-18-14-36(23-21(27)33-20(22(31)34-23)24(38)32-15-25(28,29)30)11-12-37(18)19-7-9-35(10-8-19)13-16-3-5-17(26)6-4-16/h3-6,18-19H,2,7-15H2,1H3,(H2,31,34)(H,32,38)/t18-/m0/s1. The van der Waals surface area contributed by atoms with Gasteiger partial charge in [0.2, 0.25) is 0 Å². The molecule has 4 rings (SSSR count). The second kappa shape index (κ2) is 12.2. The molecular weight excluding hydrogens is 542 g/mol. The zero-order valence-electron chi connectivity index (χ0n) is 21.1. The van der Waals surface area contributed by atoms with Crippen molar-refractivity contribution < 1.29 is 18.0 Å². The molecule has 2 aliphatic heterocycles. The first-order chi connectivity index (χ1) is 18.0. The second-order valence-electron chi connectivity index (χ2n) is 9.75. The molecule has 38 heavy (non-hydrogen) atoms. The number of carbonyl (C=O) groups is 1. The van der Waals surface area contributed by atoms with E-state index in [1.165, 1.54) is 5.56 Å². The summed E-state index contributed by atoms with van der Waals surface area (Å²) in [5.74, 6) is -0.987. The number of amides is 1. The molecule has 0 aliphatic carbocycles. The predicted octanol–water partition coefficient (Wildman–Crippen LogP) is 4.22. The SMILES string of the molecule is CC[C@H]1CN(c2nc(N)c(C(=O)NCC(F)(F)F)nc2Cl)CCN1C1CCN(Cc2ccc(Cl)cc2)CC1. The van der Waals surface area contributed by atoms with E-state index in [0.29, 0.717) is 24.9 Å². The van der Waals surface area contributed by atoms with Crippen LogP contribution in [0.1, 0.15) is 42.2 Å². The molecule has 13 heteroatoms. The van der Waals surface area contributed by atoms with Crippen molar-refractivity contribution in [1.82, 2.24) is 25.1 Å². The number of anilines is 2. The number of carbonyl (C=O) groups excluding carboxylic acids is 1. The van der Waals surface area contributed by atoms with Gasteiger partial charge < -0.3 is 16.0 Å². The highest BCUT2D eigenvalue weighted by molar-refractivity contribution is 6.32. The molecule has 208 valence electrons. The van der Waals surface area contributed by atoms with Crippen LogP contribution in [0.4, 0.5) is 24.8 Å². The Morgan fingerprint density at radius 1 is 1.11 bits per heavy atom. The number of nitrogens with two attached hydrogens (primary N) is 1. The number of nitrogens with one attached hydrogen (secondary N) is 1. The van der Waals surface area contributed by atoms with Crippen LogP contribution in [0.15, 0.2) is 24.3 Å². The fourth-order valence-electron chi connectivity index (χ4n) is 5.21. The number of alkyl halides is 3.